The largest absolute Gasteiger partial charge is 0.329 e. The van der Waals surface area contributed by atoms with Gasteiger partial charge in [0, 0.05) is 12.1 Å². The molecule has 2 N–H and O–H groups in total. The van der Waals surface area contributed by atoms with Crippen LogP contribution in [-0.2, 0) is 13.6 Å². The third-order valence-corrected chi connectivity index (χ3v) is 2.62. The fraction of sp³-hybridized carbons (Fsp3) is 0.889. The number of likely N-dealkylation sites (N-methyl/N-ethyl adjacent to an activating group) is 1. The Morgan fingerprint density at radius 2 is 2.13 bits per heavy atom. The van der Waals surface area contributed by atoms with Crippen LogP contribution in [0, 0.1) is 0 Å². The molecular formula is C9H20N6. The van der Waals surface area contributed by atoms with E-state index in [1.807, 2.05) is 0 Å². The summed E-state index contributed by atoms with van der Waals surface area (Å²) in [4.78, 5) is 3.71. The second-order valence-corrected chi connectivity index (χ2v) is 4.23. The molecule has 15 heavy (non-hydrogen) atoms. The van der Waals surface area contributed by atoms with Crippen molar-refractivity contribution in [3.8, 4) is 0 Å². The lowest BCUT2D eigenvalue weighted by atomic mass is 10.0. The van der Waals surface area contributed by atoms with Gasteiger partial charge in [-0.15, -0.1) is 10.2 Å². The second-order valence-electron chi connectivity index (χ2n) is 4.23. The van der Waals surface area contributed by atoms with Gasteiger partial charge in [-0.1, -0.05) is 6.92 Å². The Bertz CT molecular complexity index is 305. The van der Waals surface area contributed by atoms with Gasteiger partial charge in [-0.05, 0) is 25.6 Å². The van der Waals surface area contributed by atoms with Gasteiger partial charge in [-0.2, -0.15) is 4.80 Å². The van der Waals surface area contributed by atoms with E-state index in [-0.39, 0.29) is 5.54 Å². The van der Waals surface area contributed by atoms with Crippen molar-refractivity contribution in [1.29, 1.82) is 0 Å². The summed E-state index contributed by atoms with van der Waals surface area (Å²) in [6.45, 7) is 8.56. The van der Waals surface area contributed by atoms with Gasteiger partial charge >= 0.3 is 0 Å². The van der Waals surface area contributed by atoms with E-state index in [2.05, 4.69) is 41.1 Å². The summed E-state index contributed by atoms with van der Waals surface area (Å²) in [5.74, 6) is 0.737. The number of nitrogens with zero attached hydrogens (tertiary/aromatic N) is 5. The predicted octanol–water partition coefficient (Wildman–Crippen LogP) is -0.231. The number of aryl methyl sites for hydroxylation is 1. The number of hydrogen-bond acceptors (Lipinski definition) is 5. The second kappa shape index (κ2) is 4.67. The van der Waals surface area contributed by atoms with Crippen molar-refractivity contribution >= 4 is 0 Å². The fourth-order valence-electron chi connectivity index (χ4n) is 1.44. The number of aromatic nitrogens is 4. The molecule has 1 heterocycles. The van der Waals surface area contributed by atoms with Gasteiger partial charge in [0.1, 0.15) is 0 Å². The van der Waals surface area contributed by atoms with Gasteiger partial charge in [0.25, 0.3) is 0 Å². The molecule has 0 saturated heterocycles. The van der Waals surface area contributed by atoms with Crippen molar-refractivity contribution in [2.75, 3.05) is 13.1 Å². The first kappa shape index (κ1) is 12.1. The molecular weight excluding hydrogens is 192 g/mol. The lowest BCUT2D eigenvalue weighted by molar-refractivity contribution is 0.122. The highest BCUT2D eigenvalue weighted by molar-refractivity contribution is 4.86. The molecule has 0 bridgehead atoms. The van der Waals surface area contributed by atoms with Crippen molar-refractivity contribution < 1.29 is 0 Å². The quantitative estimate of drug-likeness (QED) is 0.730. The van der Waals surface area contributed by atoms with Crippen LogP contribution in [0.5, 0.6) is 0 Å². The van der Waals surface area contributed by atoms with E-state index >= 15 is 0 Å². The third-order valence-electron chi connectivity index (χ3n) is 2.62. The van der Waals surface area contributed by atoms with Crippen LogP contribution in [0.3, 0.4) is 0 Å². The van der Waals surface area contributed by atoms with Gasteiger partial charge in [-0.3, -0.25) is 4.90 Å². The minimum absolute atomic E-state index is 0.0338. The number of tetrazole rings is 1. The third kappa shape index (κ3) is 2.97. The molecule has 86 valence electrons. The van der Waals surface area contributed by atoms with Crippen molar-refractivity contribution in [1.82, 2.24) is 25.1 Å². The first-order chi connectivity index (χ1) is 6.99. The highest BCUT2D eigenvalue weighted by Gasteiger charge is 2.24. The van der Waals surface area contributed by atoms with Crippen LogP contribution in [0.25, 0.3) is 0 Å². The first-order valence-electron chi connectivity index (χ1n) is 5.17. The molecule has 0 radical (unpaired) electrons. The Morgan fingerprint density at radius 3 is 2.53 bits per heavy atom. The van der Waals surface area contributed by atoms with Gasteiger partial charge in [-0.25, -0.2) is 0 Å². The molecule has 6 heteroatoms. The average molecular weight is 212 g/mol. The monoisotopic (exact) mass is 212 g/mol. The van der Waals surface area contributed by atoms with Gasteiger partial charge in [0.2, 0.25) is 0 Å². The topological polar surface area (TPSA) is 72.9 Å². The number of rotatable bonds is 5. The zero-order valence-electron chi connectivity index (χ0n) is 9.93. The summed E-state index contributed by atoms with van der Waals surface area (Å²) < 4.78 is 0. The highest BCUT2D eigenvalue weighted by Crippen LogP contribution is 2.14. The molecule has 1 aromatic rings. The molecule has 0 aliphatic carbocycles. The van der Waals surface area contributed by atoms with E-state index in [1.165, 1.54) is 4.80 Å². The molecule has 1 rings (SSSR count). The van der Waals surface area contributed by atoms with Gasteiger partial charge < -0.3 is 5.73 Å². The Kier molecular flexibility index (Phi) is 3.76. The van der Waals surface area contributed by atoms with Crippen LogP contribution in [-0.4, -0.2) is 43.7 Å². The molecule has 0 atom stereocenters. The number of hydrogen-bond donors (Lipinski definition) is 1. The summed E-state index contributed by atoms with van der Waals surface area (Å²) in [6, 6.07) is 0. The molecule has 0 saturated carbocycles. The van der Waals surface area contributed by atoms with Crippen molar-refractivity contribution in [2.45, 2.75) is 32.9 Å². The molecule has 0 aliphatic heterocycles. The van der Waals surface area contributed by atoms with Crippen LogP contribution in [0.15, 0.2) is 0 Å². The molecule has 0 aliphatic rings. The SMILES string of the molecule is CCN(Cc1nnn(C)n1)C(C)(C)CN. The molecule has 1 aromatic heterocycles. The molecule has 0 aromatic carbocycles. The van der Waals surface area contributed by atoms with E-state index in [1.54, 1.807) is 7.05 Å². The Hall–Kier alpha value is -1.01. The lowest BCUT2D eigenvalue weighted by Crippen LogP contribution is -2.48. The predicted molar refractivity (Wildman–Crippen MR) is 58.0 cm³/mol. The van der Waals surface area contributed by atoms with Crippen LogP contribution < -0.4 is 5.73 Å². The summed E-state index contributed by atoms with van der Waals surface area (Å²) >= 11 is 0. The molecule has 6 nitrogen and oxygen atoms in total. The van der Waals surface area contributed by atoms with E-state index in [9.17, 15) is 0 Å². The summed E-state index contributed by atoms with van der Waals surface area (Å²) in [7, 11) is 1.76. The van der Waals surface area contributed by atoms with Crippen LogP contribution in [0.4, 0.5) is 0 Å². The van der Waals surface area contributed by atoms with Crippen LogP contribution >= 0.6 is 0 Å². The Morgan fingerprint density at radius 1 is 1.47 bits per heavy atom. The summed E-state index contributed by atoms with van der Waals surface area (Å²) in [5, 5.41) is 11.9. The maximum Gasteiger partial charge on any atom is 0.188 e. The fourth-order valence-corrected chi connectivity index (χ4v) is 1.44. The van der Waals surface area contributed by atoms with Crippen LogP contribution in [0.2, 0.25) is 0 Å². The Labute approximate surface area is 90.4 Å². The summed E-state index contributed by atoms with van der Waals surface area (Å²) in [5.41, 5.74) is 5.70. The molecule has 0 spiro atoms. The Balaban J connectivity index is 2.69. The molecule has 0 amide bonds. The first-order valence-corrected chi connectivity index (χ1v) is 5.17. The van der Waals surface area contributed by atoms with E-state index in [0.717, 1.165) is 12.4 Å². The molecule has 0 fully saturated rings. The van der Waals surface area contributed by atoms with Crippen molar-refractivity contribution in [3.63, 3.8) is 0 Å². The standard InChI is InChI=1S/C9H20N6/c1-5-15(9(2,3)7-10)6-8-11-13-14(4)12-8/h5-7,10H2,1-4H3. The van der Waals surface area contributed by atoms with E-state index in [0.29, 0.717) is 13.1 Å². The van der Waals surface area contributed by atoms with Gasteiger partial charge in [0.15, 0.2) is 5.82 Å². The van der Waals surface area contributed by atoms with E-state index < -0.39 is 0 Å². The van der Waals surface area contributed by atoms with Crippen molar-refractivity contribution in [2.24, 2.45) is 12.8 Å². The highest BCUT2D eigenvalue weighted by atomic mass is 15.6. The minimum Gasteiger partial charge on any atom is -0.329 e. The number of nitrogens with two attached hydrogens (primary N) is 1. The lowest BCUT2D eigenvalue weighted by Gasteiger charge is -2.35. The minimum atomic E-state index is -0.0338. The zero-order valence-corrected chi connectivity index (χ0v) is 9.93. The molecule has 0 unspecified atom stereocenters. The van der Waals surface area contributed by atoms with Crippen molar-refractivity contribution in [3.05, 3.63) is 5.82 Å². The maximum atomic E-state index is 5.74. The normalized spacial score (nSPS) is 12.4. The van der Waals surface area contributed by atoms with E-state index in [4.69, 9.17) is 5.73 Å². The maximum absolute atomic E-state index is 5.74. The summed E-state index contributed by atoms with van der Waals surface area (Å²) in [6.07, 6.45) is 0. The van der Waals surface area contributed by atoms with Crippen LogP contribution in [0.1, 0.15) is 26.6 Å². The van der Waals surface area contributed by atoms with Gasteiger partial charge in [0.05, 0.1) is 13.6 Å². The average Bonchev–Trinajstić information content (AvgIpc) is 2.60. The smallest absolute Gasteiger partial charge is 0.188 e. The zero-order chi connectivity index (χ0) is 11.5.